The van der Waals surface area contributed by atoms with Crippen LogP contribution in [0.25, 0.3) is 0 Å². The molecule has 1 aromatic heterocycles. The summed E-state index contributed by atoms with van der Waals surface area (Å²) in [6.45, 7) is 4.68. The number of rotatable bonds is 4. The molecule has 2 N–H and O–H groups in total. The highest BCUT2D eigenvalue weighted by molar-refractivity contribution is 6.04. The van der Waals surface area contributed by atoms with Crippen LogP contribution in [0.5, 0.6) is 0 Å². The van der Waals surface area contributed by atoms with Gasteiger partial charge in [-0.25, -0.2) is 9.37 Å². The van der Waals surface area contributed by atoms with Gasteiger partial charge >= 0.3 is 0 Å². The molecular formula is C22H23FN4O. The molecule has 1 aliphatic heterocycles. The fourth-order valence-electron chi connectivity index (χ4n) is 3.72. The van der Waals surface area contributed by atoms with Crippen LogP contribution in [0.15, 0.2) is 48.5 Å². The Kier molecular flexibility index (Phi) is 4.86. The number of hydrogen-bond donors (Lipinski definition) is 2. The van der Waals surface area contributed by atoms with Crippen molar-refractivity contribution in [2.24, 2.45) is 0 Å². The summed E-state index contributed by atoms with van der Waals surface area (Å²) in [5.41, 5.74) is 4.21. The highest BCUT2D eigenvalue weighted by Gasteiger charge is 2.27. The minimum absolute atomic E-state index is 0.215. The third kappa shape index (κ3) is 3.63. The number of halogens is 1. The summed E-state index contributed by atoms with van der Waals surface area (Å²) in [4.78, 5) is 17.4. The lowest BCUT2D eigenvalue weighted by Gasteiger charge is -2.26. The third-order valence-corrected chi connectivity index (χ3v) is 5.17. The fraction of sp³-hybridized carbons (Fsp3) is 0.273. The summed E-state index contributed by atoms with van der Waals surface area (Å²) in [5.74, 6) is 0.371. The van der Waals surface area contributed by atoms with E-state index in [-0.39, 0.29) is 17.8 Å². The van der Waals surface area contributed by atoms with E-state index in [0.717, 1.165) is 30.9 Å². The van der Waals surface area contributed by atoms with Gasteiger partial charge in [-0.3, -0.25) is 4.79 Å². The van der Waals surface area contributed by atoms with Crippen molar-refractivity contribution >= 4 is 17.3 Å². The zero-order valence-corrected chi connectivity index (χ0v) is 16.0. The van der Waals surface area contributed by atoms with E-state index in [9.17, 15) is 9.18 Å². The molecule has 0 spiro atoms. The van der Waals surface area contributed by atoms with Crippen molar-refractivity contribution in [3.8, 4) is 0 Å². The average Bonchev–Trinajstić information content (AvgIpc) is 3.00. The van der Waals surface area contributed by atoms with Gasteiger partial charge in [-0.05, 0) is 56.2 Å². The Balaban J connectivity index is 1.51. The van der Waals surface area contributed by atoms with E-state index in [2.05, 4.69) is 34.7 Å². The molecule has 0 fully saturated rings. The second kappa shape index (κ2) is 7.46. The lowest BCUT2D eigenvalue weighted by Crippen LogP contribution is -2.32. The lowest BCUT2D eigenvalue weighted by molar-refractivity contribution is 0.101. The van der Waals surface area contributed by atoms with E-state index in [1.165, 1.54) is 17.7 Å². The Morgan fingerprint density at radius 2 is 1.89 bits per heavy atom. The van der Waals surface area contributed by atoms with Crippen molar-refractivity contribution in [2.75, 3.05) is 10.6 Å². The van der Waals surface area contributed by atoms with Crippen LogP contribution < -0.4 is 10.6 Å². The molecule has 5 nitrogen and oxygen atoms in total. The van der Waals surface area contributed by atoms with Gasteiger partial charge in [0.25, 0.3) is 5.91 Å². The highest BCUT2D eigenvalue weighted by Crippen LogP contribution is 2.24. The van der Waals surface area contributed by atoms with Gasteiger partial charge < -0.3 is 15.2 Å². The molecule has 4 rings (SSSR count). The number of carbonyl (C=O) groups is 1. The number of imidazole rings is 1. The largest absolute Gasteiger partial charge is 0.382 e. The molecular weight excluding hydrogens is 355 g/mol. The number of nitrogens with zero attached hydrogens (tertiary/aromatic N) is 2. The molecule has 0 radical (unpaired) electrons. The molecule has 1 unspecified atom stereocenters. The first kappa shape index (κ1) is 18.2. The van der Waals surface area contributed by atoms with Crippen molar-refractivity contribution in [2.45, 2.75) is 39.3 Å². The first-order chi connectivity index (χ1) is 13.5. The van der Waals surface area contributed by atoms with E-state index in [1.54, 1.807) is 12.1 Å². The van der Waals surface area contributed by atoms with Gasteiger partial charge in [0.1, 0.15) is 17.3 Å². The quantitative estimate of drug-likeness (QED) is 0.711. The number of para-hydroxylation sites is 1. The van der Waals surface area contributed by atoms with Crippen LogP contribution >= 0.6 is 0 Å². The van der Waals surface area contributed by atoms with Gasteiger partial charge in [-0.1, -0.05) is 18.2 Å². The van der Waals surface area contributed by atoms with Crippen LogP contribution in [0, 0.1) is 19.7 Å². The Bertz CT molecular complexity index is 1010. The minimum atomic E-state index is -0.330. The van der Waals surface area contributed by atoms with E-state index in [1.807, 2.05) is 23.6 Å². The number of carbonyl (C=O) groups excluding carboxylic acids is 1. The van der Waals surface area contributed by atoms with Crippen molar-refractivity contribution in [1.82, 2.24) is 9.55 Å². The molecule has 0 bridgehead atoms. The molecule has 6 heteroatoms. The first-order valence-corrected chi connectivity index (χ1v) is 9.46. The first-order valence-electron chi connectivity index (χ1n) is 9.46. The normalized spacial score (nSPS) is 15.8. The van der Waals surface area contributed by atoms with Crippen LogP contribution in [0.2, 0.25) is 0 Å². The fourth-order valence-corrected chi connectivity index (χ4v) is 3.72. The Labute approximate surface area is 163 Å². The summed E-state index contributed by atoms with van der Waals surface area (Å²) >= 11 is 0. The molecule has 2 aromatic carbocycles. The lowest BCUT2D eigenvalue weighted by atomic mass is 10.0. The van der Waals surface area contributed by atoms with Gasteiger partial charge in [0.2, 0.25) is 0 Å². The number of anilines is 2. The van der Waals surface area contributed by atoms with Gasteiger partial charge in [0.05, 0.1) is 5.69 Å². The number of benzene rings is 2. The zero-order valence-electron chi connectivity index (χ0n) is 16.0. The molecule has 144 valence electrons. The van der Waals surface area contributed by atoms with Crippen LogP contribution in [0.3, 0.4) is 0 Å². The molecule has 0 aliphatic carbocycles. The minimum Gasteiger partial charge on any atom is -0.382 e. The highest BCUT2D eigenvalue weighted by atomic mass is 19.1. The van der Waals surface area contributed by atoms with Gasteiger partial charge in [-0.15, -0.1) is 0 Å². The van der Waals surface area contributed by atoms with Crippen LogP contribution in [0.4, 0.5) is 15.8 Å². The molecule has 1 amide bonds. The van der Waals surface area contributed by atoms with E-state index in [0.29, 0.717) is 17.1 Å². The number of nitrogens with one attached hydrogen (secondary N) is 2. The summed E-state index contributed by atoms with van der Waals surface area (Å²) in [7, 11) is 0. The SMILES string of the molecule is Cc1ccccc1NC1CCn2c(nc(C)c2C(=O)Nc2ccc(F)cc2)C1. The maximum absolute atomic E-state index is 13.1. The third-order valence-electron chi connectivity index (χ3n) is 5.17. The maximum Gasteiger partial charge on any atom is 0.274 e. The van der Waals surface area contributed by atoms with E-state index >= 15 is 0 Å². The van der Waals surface area contributed by atoms with Crippen molar-refractivity contribution < 1.29 is 9.18 Å². The predicted molar refractivity (Wildman–Crippen MR) is 108 cm³/mol. The summed E-state index contributed by atoms with van der Waals surface area (Å²) < 4.78 is 15.1. The van der Waals surface area contributed by atoms with Crippen LogP contribution in [-0.4, -0.2) is 21.5 Å². The number of aryl methyl sites for hydroxylation is 2. The molecule has 1 atom stereocenters. The van der Waals surface area contributed by atoms with Gasteiger partial charge in [0.15, 0.2) is 0 Å². The van der Waals surface area contributed by atoms with Crippen molar-refractivity contribution in [1.29, 1.82) is 0 Å². The Hall–Kier alpha value is -3.15. The predicted octanol–water partition coefficient (Wildman–Crippen LogP) is 4.32. The topological polar surface area (TPSA) is 59.0 Å². The summed E-state index contributed by atoms with van der Waals surface area (Å²) in [6, 6.07) is 14.3. The monoisotopic (exact) mass is 378 g/mol. The summed E-state index contributed by atoms with van der Waals surface area (Å²) in [5, 5.41) is 6.44. The maximum atomic E-state index is 13.1. The van der Waals surface area contributed by atoms with Crippen LogP contribution in [0.1, 0.15) is 34.0 Å². The number of hydrogen-bond acceptors (Lipinski definition) is 3. The van der Waals surface area contributed by atoms with E-state index < -0.39 is 0 Å². The van der Waals surface area contributed by atoms with E-state index in [4.69, 9.17) is 0 Å². The van der Waals surface area contributed by atoms with Gasteiger partial charge in [0, 0.05) is 30.4 Å². The van der Waals surface area contributed by atoms with Crippen LogP contribution in [-0.2, 0) is 13.0 Å². The molecule has 1 aliphatic rings. The second-order valence-corrected chi connectivity index (χ2v) is 7.22. The average molecular weight is 378 g/mol. The number of amides is 1. The number of fused-ring (bicyclic) bond motifs is 1. The smallest absolute Gasteiger partial charge is 0.274 e. The molecule has 0 saturated carbocycles. The van der Waals surface area contributed by atoms with Gasteiger partial charge in [-0.2, -0.15) is 0 Å². The van der Waals surface area contributed by atoms with Crippen molar-refractivity contribution in [3.05, 3.63) is 77.1 Å². The molecule has 28 heavy (non-hydrogen) atoms. The number of aromatic nitrogens is 2. The Morgan fingerprint density at radius 1 is 1.14 bits per heavy atom. The standard InChI is InChI=1S/C22H23FN4O/c1-14-5-3-4-6-19(14)25-18-11-12-27-20(13-18)24-15(2)21(27)22(28)26-17-9-7-16(23)8-10-17/h3-10,18,25H,11-13H2,1-2H3,(H,26,28). The zero-order chi connectivity index (χ0) is 19.7. The Morgan fingerprint density at radius 3 is 2.64 bits per heavy atom. The molecule has 2 heterocycles. The molecule has 3 aromatic rings. The summed E-state index contributed by atoms with van der Waals surface area (Å²) in [6.07, 6.45) is 1.67. The second-order valence-electron chi connectivity index (χ2n) is 7.22. The molecule has 0 saturated heterocycles. The van der Waals surface area contributed by atoms with Crippen molar-refractivity contribution in [3.63, 3.8) is 0 Å².